The summed E-state index contributed by atoms with van der Waals surface area (Å²) in [7, 11) is 0. The minimum absolute atomic E-state index is 0. The van der Waals surface area contributed by atoms with Crippen LogP contribution in [0.3, 0.4) is 0 Å². The van der Waals surface area contributed by atoms with E-state index in [1.165, 1.54) is 22.3 Å². The van der Waals surface area contributed by atoms with Crippen molar-refractivity contribution in [2.75, 3.05) is 0 Å². The second-order valence-corrected chi connectivity index (χ2v) is 10.1. The molecule has 5 rings (SSSR count). The second-order valence-electron chi connectivity index (χ2n) is 10.1. The van der Waals surface area contributed by atoms with Crippen LogP contribution >= 0.6 is 0 Å². The molecule has 0 bridgehead atoms. The zero-order chi connectivity index (χ0) is 26.3. The normalized spacial score (nSPS) is 10.8. The maximum Gasteiger partial charge on any atom is 0.0201 e. The Hall–Kier alpha value is -3.39. The predicted molar refractivity (Wildman–Crippen MR) is 154 cm³/mol. The molecule has 0 fully saturated rings. The van der Waals surface area contributed by atoms with Gasteiger partial charge in [-0.25, -0.2) is 0 Å². The van der Waals surface area contributed by atoms with Crippen molar-refractivity contribution in [2.24, 2.45) is 0 Å². The van der Waals surface area contributed by atoms with Gasteiger partial charge in [0.1, 0.15) is 0 Å². The summed E-state index contributed by atoms with van der Waals surface area (Å²) in [5.41, 5.74) is 9.05. The third-order valence-electron chi connectivity index (χ3n) is 6.66. The number of aromatic nitrogens is 2. The minimum Gasteiger partial charge on any atom is -0.305 e. The second kappa shape index (κ2) is 13.4. The first-order chi connectivity index (χ1) is 17.8. The van der Waals surface area contributed by atoms with E-state index >= 15 is 0 Å². The molecule has 0 aliphatic rings. The van der Waals surface area contributed by atoms with Gasteiger partial charge in [-0.15, -0.1) is 71.3 Å². The van der Waals surface area contributed by atoms with Gasteiger partial charge in [-0.2, -0.15) is 0 Å². The van der Waals surface area contributed by atoms with Gasteiger partial charge < -0.3 is 9.97 Å². The number of nitrogens with zero attached hydrogens (tertiary/aromatic N) is 2. The summed E-state index contributed by atoms with van der Waals surface area (Å²) in [6.07, 6.45) is 3.85. The van der Waals surface area contributed by atoms with Crippen LogP contribution in [0.2, 0.25) is 0 Å². The standard InChI is InChI=1S/C21H20N.C14H14N.Ir/c1-16-9-11-17(12-10-16)20-14-13-19(15-22-20)21(2,3)18-7-5-4-6-8-18;1-11(2)13-8-9-15-14(10-13)12-6-4-3-5-7-12;/h4-11,13-15H,1-3H3;3-6,8-11H,1-2H3;/q2*-1;. The summed E-state index contributed by atoms with van der Waals surface area (Å²) in [6, 6.07) is 39.6. The van der Waals surface area contributed by atoms with Crippen molar-refractivity contribution in [3.05, 3.63) is 144 Å². The number of pyridine rings is 2. The smallest absolute Gasteiger partial charge is 0.0201 e. The molecule has 0 aliphatic heterocycles. The molecule has 3 heteroatoms. The van der Waals surface area contributed by atoms with E-state index in [1.54, 1.807) is 0 Å². The molecule has 0 atom stereocenters. The third-order valence-corrected chi connectivity index (χ3v) is 6.66. The fourth-order valence-corrected chi connectivity index (χ4v) is 4.11. The van der Waals surface area contributed by atoms with Crippen molar-refractivity contribution in [3.8, 4) is 22.5 Å². The van der Waals surface area contributed by atoms with Gasteiger partial charge in [-0.05, 0) is 34.5 Å². The number of hydrogen-bond acceptors (Lipinski definition) is 2. The molecular formula is C35H34IrN2-2. The van der Waals surface area contributed by atoms with Crippen LogP contribution in [0, 0.1) is 19.1 Å². The Morgan fingerprint density at radius 3 is 2.05 bits per heavy atom. The maximum atomic E-state index is 4.64. The van der Waals surface area contributed by atoms with Crippen LogP contribution in [0.4, 0.5) is 0 Å². The van der Waals surface area contributed by atoms with Crippen molar-refractivity contribution in [1.29, 1.82) is 0 Å². The van der Waals surface area contributed by atoms with E-state index in [9.17, 15) is 0 Å². The van der Waals surface area contributed by atoms with Crippen molar-refractivity contribution in [3.63, 3.8) is 0 Å². The fraction of sp³-hybridized carbons (Fsp3) is 0.200. The summed E-state index contributed by atoms with van der Waals surface area (Å²) in [6.45, 7) is 10.9. The molecule has 0 saturated carbocycles. The SMILES string of the molecule is CC(C)c1ccnc(-c2[c-]cccc2)c1.Cc1c[c-]c(-c2ccc(C(C)(C)c3ccccc3)cn2)cc1.[Ir]. The molecule has 0 saturated heterocycles. The van der Waals surface area contributed by atoms with Crippen LogP contribution in [-0.4, -0.2) is 9.97 Å². The molecule has 3 aromatic carbocycles. The summed E-state index contributed by atoms with van der Waals surface area (Å²) < 4.78 is 0. The van der Waals surface area contributed by atoms with Crippen LogP contribution in [0.5, 0.6) is 0 Å². The van der Waals surface area contributed by atoms with E-state index in [0.717, 1.165) is 22.5 Å². The number of hydrogen-bond donors (Lipinski definition) is 0. The Kier molecular flexibility index (Phi) is 10.3. The molecule has 2 heterocycles. The average Bonchev–Trinajstić information content (AvgIpc) is 2.95. The Balaban J connectivity index is 0.000000220. The Morgan fingerprint density at radius 2 is 1.45 bits per heavy atom. The van der Waals surface area contributed by atoms with E-state index in [4.69, 9.17) is 0 Å². The largest absolute Gasteiger partial charge is 0.305 e. The monoisotopic (exact) mass is 675 g/mol. The number of benzene rings is 3. The number of rotatable bonds is 5. The first kappa shape index (κ1) is 29.2. The van der Waals surface area contributed by atoms with Crippen LogP contribution in [-0.2, 0) is 25.5 Å². The molecule has 0 spiro atoms. The van der Waals surface area contributed by atoms with Crippen LogP contribution in [0.1, 0.15) is 55.9 Å². The molecule has 0 amide bonds. The molecular weight excluding hydrogens is 641 g/mol. The van der Waals surface area contributed by atoms with Gasteiger partial charge in [0, 0.05) is 37.9 Å². The molecule has 0 unspecified atom stereocenters. The molecule has 0 aliphatic carbocycles. The number of aryl methyl sites for hydroxylation is 1. The summed E-state index contributed by atoms with van der Waals surface area (Å²) in [4.78, 5) is 9.00. The summed E-state index contributed by atoms with van der Waals surface area (Å²) in [5.74, 6) is 0.537. The Labute approximate surface area is 241 Å². The Morgan fingerprint density at radius 1 is 0.711 bits per heavy atom. The van der Waals surface area contributed by atoms with E-state index < -0.39 is 0 Å². The Bertz CT molecular complexity index is 1390. The van der Waals surface area contributed by atoms with Crippen molar-refractivity contribution >= 4 is 0 Å². The zero-order valence-corrected chi connectivity index (χ0v) is 25.1. The molecule has 1 radical (unpaired) electrons. The fourth-order valence-electron chi connectivity index (χ4n) is 4.11. The van der Waals surface area contributed by atoms with Crippen molar-refractivity contribution < 1.29 is 20.1 Å². The van der Waals surface area contributed by atoms with Crippen LogP contribution in [0.15, 0.2) is 109 Å². The molecule has 2 aromatic heterocycles. The van der Waals surface area contributed by atoms with Gasteiger partial charge in [-0.3, -0.25) is 0 Å². The minimum atomic E-state index is -0.0518. The predicted octanol–water partition coefficient (Wildman–Crippen LogP) is 8.85. The molecule has 195 valence electrons. The average molecular weight is 675 g/mol. The molecule has 2 nitrogen and oxygen atoms in total. The van der Waals surface area contributed by atoms with E-state index in [-0.39, 0.29) is 25.5 Å². The molecule has 38 heavy (non-hydrogen) atoms. The van der Waals surface area contributed by atoms with Gasteiger partial charge in [-0.1, -0.05) is 88.7 Å². The van der Waals surface area contributed by atoms with E-state index in [1.807, 2.05) is 48.8 Å². The first-order valence-corrected chi connectivity index (χ1v) is 12.8. The van der Waals surface area contributed by atoms with E-state index in [2.05, 4.69) is 117 Å². The van der Waals surface area contributed by atoms with Crippen LogP contribution < -0.4 is 0 Å². The third kappa shape index (κ3) is 7.34. The van der Waals surface area contributed by atoms with Gasteiger partial charge >= 0.3 is 0 Å². The maximum absolute atomic E-state index is 4.64. The van der Waals surface area contributed by atoms with Crippen LogP contribution in [0.25, 0.3) is 22.5 Å². The van der Waals surface area contributed by atoms with Gasteiger partial charge in [0.05, 0.1) is 0 Å². The first-order valence-electron chi connectivity index (χ1n) is 12.8. The van der Waals surface area contributed by atoms with Gasteiger partial charge in [0.25, 0.3) is 0 Å². The zero-order valence-electron chi connectivity index (χ0n) is 22.7. The topological polar surface area (TPSA) is 25.8 Å². The van der Waals surface area contributed by atoms with Gasteiger partial charge in [0.15, 0.2) is 0 Å². The molecule has 0 N–H and O–H groups in total. The van der Waals surface area contributed by atoms with Crippen molar-refractivity contribution in [2.45, 2.75) is 46.0 Å². The quantitative estimate of drug-likeness (QED) is 0.174. The summed E-state index contributed by atoms with van der Waals surface area (Å²) in [5, 5.41) is 0. The van der Waals surface area contributed by atoms with Crippen molar-refractivity contribution in [1.82, 2.24) is 9.97 Å². The van der Waals surface area contributed by atoms with Gasteiger partial charge in [0.2, 0.25) is 0 Å². The molecule has 5 aromatic rings. The summed E-state index contributed by atoms with van der Waals surface area (Å²) >= 11 is 0. The van der Waals surface area contributed by atoms with E-state index in [0.29, 0.717) is 5.92 Å².